The van der Waals surface area contributed by atoms with Crippen LogP contribution < -0.4 is 9.47 Å². The molecule has 0 amide bonds. The van der Waals surface area contributed by atoms with E-state index < -0.39 is 12.3 Å². The summed E-state index contributed by atoms with van der Waals surface area (Å²) in [5, 5.41) is 7.13. The summed E-state index contributed by atoms with van der Waals surface area (Å²) in [7, 11) is 0. The summed E-state index contributed by atoms with van der Waals surface area (Å²) in [5.74, 6) is 0.971. The summed E-state index contributed by atoms with van der Waals surface area (Å²) in [4.78, 5) is 26.5. The van der Waals surface area contributed by atoms with Crippen molar-refractivity contribution in [3.05, 3.63) is 96.1 Å². The van der Waals surface area contributed by atoms with Crippen LogP contribution in [0.1, 0.15) is 102 Å². The van der Waals surface area contributed by atoms with Crippen molar-refractivity contribution in [2.24, 2.45) is 0 Å². The van der Waals surface area contributed by atoms with Gasteiger partial charge >= 0.3 is 12.3 Å². The van der Waals surface area contributed by atoms with Gasteiger partial charge in [-0.15, -0.1) is 0 Å². The van der Waals surface area contributed by atoms with Crippen molar-refractivity contribution in [1.82, 2.24) is 0 Å². The number of rotatable bonds is 17. The smallest absolute Gasteiger partial charge is 0.434 e. The lowest BCUT2D eigenvalue weighted by atomic mass is 9.83. The van der Waals surface area contributed by atoms with Crippen LogP contribution in [0.2, 0.25) is 0 Å². The van der Waals surface area contributed by atoms with Crippen LogP contribution in [-0.4, -0.2) is 25.5 Å². The molecule has 6 aromatic rings. The lowest BCUT2D eigenvalue weighted by Gasteiger charge is -2.22. The molecular weight excluding hydrogens is 673 g/mol. The van der Waals surface area contributed by atoms with Gasteiger partial charge in [-0.25, -0.2) is 9.59 Å². The summed E-state index contributed by atoms with van der Waals surface area (Å²) in [6.07, 6.45) is 11.8. The van der Waals surface area contributed by atoms with Crippen LogP contribution in [0.25, 0.3) is 54.2 Å². The van der Waals surface area contributed by atoms with Gasteiger partial charge in [0.1, 0.15) is 11.5 Å². The fraction of sp³-hybridized carbons (Fsp3) is 0.375. The van der Waals surface area contributed by atoms with Gasteiger partial charge in [0.2, 0.25) is 0 Å². The van der Waals surface area contributed by atoms with Crippen LogP contribution in [0.4, 0.5) is 9.59 Å². The van der Waals surface area contributed by atoms with E-state index in [1.807, 2.05) is 60.7 Å². The molecule has 0 atom stereocenters. The topological polar surface area (TPSA) is 71.1 Å². The van der Waals surface area contributed by atoms with Gasteiger partial charge < -0.3 is 18.9 Å². The lowest BCUT2D eigenvalue weighted by Crippen LogP contribution is -2.12. The Bertz CT molecular complexity index is 2080. The fourth-order valence-corrected chi connectivity index (χ4v) is 7.78. The lowest BCUT2D eigenvalue weighted by molar-refractivity contribution is 0.0972. The van der Waals surface area contributed by atoms with Crippen LogP contribution >= 0.6 is 0 Å². The number of carbonyl (C=O) groups excluding carboxylic acids is 2. The van der Waals surface area contributed by atoms with Crippen LogP contribution in [0.15, 0.2) is 84.9 Å². The molecule has 0 aliphatic carbocycles. The average molecular weight is 727 g/mol. The Hall–Kier alpha value is -5.10. The van der Waals surface area contributed by atoms with Crippen LogP contribution in [0.3, 0.4) is 0 Å². The molecule has 6 nitrogen and oxygen atoms in total. The first-order chi connectivity index (χ1) is 26.4. The first-order valence-electron chi connectivity index (χ1n) is 20.0. The van der Waals surface area contributed by atoms with Crippen LogP contribution in [-0.2, 0) is 9.47 Å². The Morgan fingerprint density at radius 2 is 0.778 bits per heavy atom. The molecular formula is C48H54O6. The number of unbranched alkanes of at least 4 members (excludes halogenated alkanes) is 10. The van der Waals surface area contributed by atoms with Gasteiger partial charge in [-0.05, 0) is 70.5 Å². The second-order valence-corrected chi connectivity index (χ2v) is 14.4. The first-order valence-corrected chi connectivity index (χ1v) is 20.0. The van der Waals surface area contributed by atoms with Crippen LogP contribution in [0.5, 0.6) is 11.5 Å². The Morgan fingerprint density at radius 1 is 0.426 bits per heavy atom. The average Bonchev–Trinajstić information content (AvgIpc) is 3.18. The molecule has 0 saturated heterocycles. The Morgan fingerprint density at radius 3 is 1.19 bits per heavy atom. The number of hydrogen-bond acceptors (Lipinski definition) is 6. The van der Waals surface area contributed by atoms with Gasteiger partial charge in [0, 0.05) is 21.5 Å². The van der Waals surface area contributed by atoms with E-state index in [1.54, 1.807) is 0 Å². The minimum absolute atomic E-state index is 0.330. The predicted octanol–water partition coefficient (Wildman–Crippen LogP) is 14.3. The molecule has 54 heavy (non-hydrogen) atoms. The third-order valence-corrected chi connectivity index (χ3v) is 10.5. The van der Waals surface area contributed by atoms with Crippen molar-refractivity contribution in [3.63, 3.8) is 0 Å². The van der Waals surface area contributed by atoms with E-state index in [2.05, 4.69) is 52.0 Å². The van der Waals surface area contributed by atoms with E-state index in [-0.39, 0.29) is 0 Å². The molecule has 0 unspecified atom stereocenters. The highest BCUT2D eigenvalue weighted by Gasteiger charge is 2.26. The third-order valence-electron chi connectivity index (χ3n) is 10.5. The molecule has 0 aromatic heterocycles. The fourth-order valence-electron chi connectivity index (χ4n) is 7.78. The summed E-state index contributed by atoms with van der Waals surface area (Å²) in [6, 6.07) is 28.4. The molecule has 0 bridgehead atoms. The van der Waals surface area contributed by atoms with Gasteiger partial charge in [-0.3, -0.25) is 0 Å². The molecule has 0 radical (unpaired) electrons. The van der Waals surface area contributed by atoms with Gasteiger partial charge in [-0.1, -0.05) is 163 Å². The molecule has 6 aromatic carbocycles. The molecule has 6 rings (SSSR count). The summed E-state index contributed by atoms with van der Waals surface area (Å²) in [5.41, 5.74) is 4.14. The summed E-state index contributed by atoms with van der Waals surface area (Å²) >= 11 is 0. The molecule has 0 saturated carbocycles. The number of fused-ring (bicyclic) bond motifs is 4. The largest absolute Gasteiger partial charge is 0.513 e. The SMILES string of the molecule is CCCCCCCCOC(=O)Oc1c2ccccc2c(-c2c3ccccc3c(OC(=O)OCCCCCCCC)c3cccc(C)c23)c2c(C)cccc12. The van der Waals surface area contributed by atoms with Crippen molar-refractivity contribution in [3.8, 4) is 22.6 Å². The van der Waals surface area contributed by atoms with E-state index >= 15 is 0 Å². The van der Waals surface area contributed by atoms with Crippen molar-refractivity contribution in [2.45, 2.75) is 105 Å². The molecule has 0 fully saturated rings. The van der Waals surface area contributed by atoms with Gasteiger partial charge in [0.15, 0.2) is 0 Å². The number of aryl methyl sites for hydroxylation is 2. The van der Waals surface area contributed by atoms with Gasteiger partial charge in [0.25, 0.3) is 0 Å². The minimum Gasteiger partial charge on any atom is -0.434 e. The van der Waals surface area contributed by atoms with E-state index in [9.17, 15) is 9.59 Å². The molecule has 282 valence electrons. The number of ether oxygens (including phenoxy) is 4. The first kappa shape index (κ1) is 38.6. The van der Waals surface area contributed by atoms with Crippen molar-refractivity contribution >= 4 is 55.4 Å². The van der Waals surface area contributed by atoms with E-state index in [1.165, 1.54) is 38.5 Å². The van der Waals surface area contributed by atoms with E-state index in [4.69, 9.17) is 18.9 Å². The highest BCUT2D eigenvalue weighted by atomic mass is 16.7. The number of benzene rings is 6. The van der Waals surface area contributed by atoms with E-state index in [0.29, 0.717) is 24.7 Å². The molecule has 0 aliphatic heterocycles. The third kappa shape index (κ3) is 8.65. The Balaban J connectivity index is 1.44. The Labute approximate surface area is 319 Å². The normalized spacial score (nSPS) is 11.4. The van der Waals surface area contributed by atoms with Crippen molar-refractivity contribution < 1.29 is 28.5 Å². The monoisotopic (exact) mass is 726 g/mol. The maximum Gasteiger partial charge on any atom is 0.513 e. The van der Waals surface area contributed by atoms with Crippen molar-refractivity contribution in [2.75, 3.05) is 13.2 Å². The molecule has 6 heteroatoms. The minimum atomic E-state index is -0.694. The van der Waals surface area contributed by atoms with Gasteiger partial charge in [0.05, 0.1) is 13.2 Å². The molecule has 0 aliphatic rings. The zero-order valence-corrected chi connectivity index (χ0v) is 32.4. The van der Waals surface area contributed by atoms with Crippen LogP contribution in [0, 0.1) is 13.8 Å². The highest BCUT2D eigenvalue weighted by molar-refractivity contribution is 6.27. The molecule has 0 spiro atoms. The van der Waals surface area contributed by atoms with E-state index in [0.717, 1.165) is 104 Å². The summed E-state index contributed by atoms with van der Waals surface area (Å²) in [6.45, 7) is 9.25. The maximum absolute atomic E-state index is 13.2. The molecule has 0 heterocycles. The quantitative estimate of drug-likeness (QED) is 0.0403. The maximum atomic E-state index is 13.2. The second kappa shape index (κ2) is 18.8. The predicted molar refractivity (Wildman–Crippen MR) is 222 cm³/mol. The Kier molecular flexibility index (Phi) is 13.4. The standard InChI is InChI=1S/C48H54O6/c1-5-7-9-11-13-19-31-51-47(49)53-45-37-27-17-15-25-35(37)43(41-33(3)23-21-29-39(41)45)44-36-26-16-18-28-38(36)46(40-30-22-24-34(4)42(40)44)54-48(50)52-32-20-14-12-10-8-6-2/h15-18,21-30H,5-14,19-20,31-32H2,1-4H3. The number of carbonyl (C=O) groups is 2. The zero-order valence-electron chi connectivity index (χ0n) is 32.4. The zero-order chi connectivity index (χ0) is 37.9. The second-order valence-electron chi connectivity index (χ2n) is 14.4. The number of hydrogen-bond donors (Lipinski definition) is 0. The highest BCUT2D eigenvalue weighted by Crippen LogP contribution is 2.51. The van der Waals surface area contributed by atoms with Gasteiger partial charge in [-0.2, -0.15) is 0 Å². The molecule has 0 N–H and O–H groups in total. The van der Waals surface area contributed by atoms with Crippen molar-refractivity contribution in [1.29, 1.82) is 0 Å². The summed E-state index contributed by atoms with van der Waals surface area (Å²) < 4.78 is 23.5.